The van der Waals surface area contributed by atoms with E-state index in [-0.39, 0.29) is 30.1 Å². The second kappa shape index (κ2) is 9.31. The van der Waals surface area contributed by atoms with Gasteiger partial charge in [0.1, 0.15) is 5.82 Å². The molecule has 4 rings (SSSR count). The summed E-state index contributed by atoms with van der Waals surface area (Å²) < 4.78 is 28.7. The number of halogens is 2. The van der Waals surface area contributed by atoms with Crippen molar-refractivity contribution in [1.29, 1.82) is 0 Å². The molecule has 1 aromatic carbocycles. The van der Waals surface area contributed by atoms with E-state index < -0.39 is 18.5 Å². The van der Waals surface area contributed by atoms with Gasteiger partial charge in [-0.15, -0.1) is 0 Å². The number of aromatic nitrogens is 2. The zero-order valence-electron chi connectivity index (χ0n) is 17.3. The molecule has 1 aliphatic heterocycles. The molecule has 0 bridgehead atoms. The molecule has 1 saturated heterocycles. The molecule has 0 aliphatic carbocycles. The summed E-state index contributed by atoms with van der Waals surface area (Å²) in [5.41, 5.74) is 0.981. The van der Waals surface area contributed by atoms with Crippen LogP contribution in [-0.4, -0.2) is 69.5 Å². The van der Waals surface area contributed by atoms with Crippen molar-refractivity contribution >= 4 is 38.5 Å². The maximum absolute atomic E-state index is 14.6. The van der Waals surface area contributed by atoms with Crippen LogP contribution < -0.4 is 10.2 Å². The highest BCUT2D eigenvalue weighted by atomic mass is 32.1. The molecular weight excluding hydrogens is 440 g/mol. The Labute approximate surface area is 187 Å². The fourth-order valence-corrected chi connectivity index (χ4v) is 4.56. The number of hydrogen-bond donors (Lipinski definition) is 3. The summed E-state index contributed by atoms with van der Waals surface area (Å²) in [7, 11) is 0. The highest BCUT2D eigenvalue weighted by Crippen LogP contribution is 2.27. The summed E-state index contributed by atoms with van der Waals surface area (Å²) in [4.78, 5) is 24.6. The number of carbonyl (C=O) groups is 1. The molecule has 1 fully saturated rings. The number of amides is 2. The summed E-state index contributed by atoms with van der Waals surface area (Å²) in [6.07, 6.45) is 0.638. The lowest BCUT2D eigenvalue weighted by molar-refractivity contribution is 0.0954. The highest BCUT2D eigenvalue weighted by Gasteiger charge is 2.30. The fraction of sp³-hybridized carbons (Fsp3) is 0.381. The Balaban J connectivity index is 1.39. The van der Waals surface area contributed by atoms with Gasteiger partial charge in [-0.25, -0.2) is 23.5 Å². The number of piperazine rings is 1. The van der Waals surface area contributed by atoms with Crippen molar-refractivity contribution in [3.05, 3.63) is 47.7 Å². The highest BCUT2D eigenvalue weighted by molar-refractivity contribution is 7.22. The van der Waals surface area contributed by atoms with Gasteiger partial charge in [-0.3, -0.25) is 5.32 Å². The summed E-state index contributed by atoms with van der Waals surface area (Å²) >= 11 is 1.27. The number of rotatable bonds is 5. The second-order valence-electron chi connectivity index (χ2n) is 7.74. The van der Waals surface area contributed by atoms with E-state index in [1.807, 2.05) is 6.92 Å². The van der Waals surface area contributed by atoms with E-state index in [0.717, 1.165) is 4.70 Å². The third-order valence-electron chi connectivity index (χ3n) is 5.31. The molecule has 2 atom stereocenters. The van der Waals surface area contributed by atoms with E-state index in [9.17, 15) is 18.7 Å². The zero-order valence-corrected chi connectivity index (χ0v) is 18.1. The van der Waals surface area contributed by atoms with Crippen LogP contribution in [0.4, 0.5) is 24.5 Å². The lowest BCUT2D eigenvalue weighted by atomic mass is 10.1. The minimum Gasteiger partial charge on any atom is -0.394 e. The van der Waals surface area contributed by atoms with Crippen molar-refractivity contribution in [3.8, 4) is 0 Å². The van der Waals surface area contributed by atoms with Gasteiger partial charge < -0.3 is 20.0 Å². The van der Waals surface area contributed by atoms with Crippen LogP contribution in [-0.2, 0) is 6.42 Å². The second-order valence-corrected chi connectivity index (χ2v) is 8.77. The first-order valence-electron chi connectivity index (χ1n) is 10.2. The van der Waals surface area contributed by atoms with Gasteiger partial charge in [-0.2, -0.15) is 0 Å². The van der Waals surface area contributed by atoms with Crippen molar-refractivity contribution in [2.24, 2.45) is 0 Å². The molecule has 32 heavy (non-hydrogen) atoms. The lowest BCUT2D eigenvalue weighted by Crippen LogP contribution is -2.55. The Morgan fingerprint density at radius 2 is 2.16 bits per heavy atom. The first kappa shape index (κ1) is 22.3. The number of fused-ring (bicyclic) bond motifs is 1. The summed E-state index contributed by atoms with van der Waals surface area (Å²) in [6.45, 7) is 2.60. The molecule has 0 saturated carbocycles. The standard InChI is InChI=1S/C21H23F2N5O3S/c1-12-10-27(19-16(23)7-13(9-24-19)6-15(30)11-29)4-5-28(12)21(31)26-20-25-17-8-14(22)2-3-18(17)32-20/h2-3,7-9,12,15,29-30H,4-6,10-11H2,1H3,(H,25,26,31)/t12-,15-/m0/s1. The molecule has 3 aromatic rings. The van der Waals surface area contributed by atoms with Crippen LogP contribution >= 0.6 is 11.3 Å². The van der Waals surface area contributed by atoms with Crippen molar-refractivity contribution in [1.82, 2.24) is 14.9 Å². The monoisotopic (exact) mass is 463 g/mol. The zero-order chi connectivity index (χ0) is 22.8. The number of aliphatic hydroxyl groups is 2. The van der Waals surface area contributed by atoms with Crippen LogP contribution in [0.1, 0.15) is 12.5 Å². The predicted molar refractivity (Wildman–Crippen MR) is 118 cm³/mol. The van der Waals surface area contributed by atoms with Crippen LogP contribution in [0.15, 0.2) is 30.5 Å². The Hall–Kier alpha value is -2.89. The Bertz CT molecular complexity index is 1130. The molecule has 3 N–H and O–H groups in total. The van der Waals surface area contributed by atoms with Gasteiger partial charge in [0.2, 0.25) is 0 Å². The maximum atomic E-state index is 14.6. The quantitative estimate of drug-likeness (QED) is 0.538. The van der Waals surface area contributed by atoms with Gasteiger partial charge in [0, 0.05) is 44.4 Å². The summed E-state index contributed by atoms with van der Waals surface area (Å²) in [6, 6.07) is 5.06. The number of carbonyl (C=O) groups excluding carboxylic acids is 1. The minimum atomic E-state index is -0.960. The number of hydrogen-bond acceptors (Lipinski definition) is 7. The van der Waals surface area contributed by atoms with Crippen molar-refractivity contribution in [3.63, 3.8) is 0 Å². The molecule has 2 aromatic heterocycles. The number of urea groups is 1. The van der Waals surface area contributed by atoms with Crippen molar-refractivity contribution in [2.75, 3.05) is 36.5 Å². The normalized spacial score (nSPS) is 17.6. The van der Waals surface area contributed by atoms with Crippen LogP contribution in [0.5, 0.6) is 0 Å². The van der Waals surface area contributed by atoms with Crippen LogP contribution in [0.3, 0.4) is 0 Å². The average Bonchev–Trinajstić information content (AvgIpc) is 3.14. The minimum absolute atomic E-state index is 0.115. The van der Waals surface area contributed by atoms with Crippen LogP contribution in [0.2, 0.25) is 0 Å². The average molecular weight is 464 g/mol. The van der Waals surface area contributed by atoms with Crippen molar-refractivity contribution in [2.45, 2.75) is 25.5 Å². The molecule has 2 amide bonds. The van der Waals surface area contributed by atoms with E-state index in [0.29, 0.717) is 35.8 Å². The summed E-state index contributed by atoms with van der Waals surface area (Å²) in [5, 5.41) is 21.6. The number of thiazole rings is 1. The van der Waals surface area contributed by atoms with E-state index >= 15 is 0 Å². The van der Waals surface area contributed by atoms with E-state index in [2.05, 4.69) is 15.3 Å². The number of pyridine rings is 1. The Morgan fingerprint density at radius 1 is 1.34 bits per heavy atom. The number of anilines is 2. The largest absolute Gasteiger partial charge is 0.394 e. The van der Waals surface area contributed by atoms with Crippen molar-refractivity contribution < 1.29 is 23.8 Å². The Kier molecular flexibility index (Phi) is 6.49. The first-order valence-corrected chi connectivity index (χ1v) is 11.0. The van der Waals surface area contributed by atoms with Crippen LogP contribution in [0.25, 0.3) is 10.2 Å². The first-order chi connectivity index (χ1) is 15.3. The molecule has 8 nitrogen and oxygen atoms in total. The molecule has 0 spiro atoms. The van der Waals surface area contributed by atoms with Gasteiger partial charge in [0.25, 0.3) is 0 Å². The number of nitrogens with zero attached hydrogens (tertiary/aromatic N) is 4. The van der Waals surface area contributed by atoms with Crippen LogP contribution in [0, 0.1) is 11.6 Å². The number of benzene rings is 1. The topological polar surface area (TPSA) is 102 Å². The lowest BCUT2D eigenvalue weighted by Gasteiger charge is -2.40. The third-order valence-corrected chi connectivity index (χ3v) is 6.26. The van der Waals surface area contributed by atoms with Gasteiger partial charge in [-0.1, -0.05) is 11.3 Å². The third kappa shape index (κ3) is 4.79. The van der Waals surface area contributed by atoms with Gasteiger partial charge in [-0.05, 0) is 30.7 Å². The number of nitrogens with one attached hydrogen (secondary N) is 1. The van der Waals surface area contributed by atoms with Gasteiger partial charge in [0.15, 0.2) is 16.8 Å². The smallest absolute Gasteiger partial charge is 0.324 e. The molecule has 0 unspecified atom stereocenters. The predicted octanol–water partition coefficient (Wildman–Crippen LogP) is 2.61. The van der Waals surface area contributed by atoms with Gasteiger partial charge >= 0.3 is 6.03 Å². The molecule has 1 aliphatic rings. The molecular formula is C21H23F2N5O3S. The SMILES string of the molecule is C[C@H]1CN(c2ncc(C[C@H](O)CO)cc2F)CCN1C(=O)Nc1nc2cc(F)ccc2s1. The van der Waals surface area contributed by atoms with E-state index in [1.165, 1.54) is 35.7 Å². The molecule has 11 heteroatoms. The fourth-order valence-electron chi connectivity index (χ4n) is 3.72. The van der Waals surface area contributed by atoms with E-state index in [1.54, 1.807) is 15.9 Å². The molecule has 0 radical (unpaired) electrons. The Morgan fingerprint density at radius 3 is 2.88 bits per heavy atom. The number of aliphatic hydroxyl groups excluding tert-OH is 2. The van der Waals surface area contributed by atoms with Gasteiger partial charge in [0.05, 0.1) is 22.9 Å². The summed E-state index contributed by atoms with van der Waals surface area (Å²) in [5.74, 6) is -0.712. The van der Waals surface area contributed by atoms with E-state index in [4.69, 9.17) is 5.11 Å². The molecule has 3 heterocycles. The molecule has 170 valence electrons. The maximum Gasteiger partial charge on any atom is 0.324 e.